The smallest absolute Gasteiger partial charge is 0.265 e. The molecule has 0 aromatic heterocycles. The van der Waals surface area contributed by atoms with Gasteiger partial charge in [-0.1, -0.05) is 55.8 Å². The van der Waals surface area contributed by atoms with Crippen LogP contribution in [-0.4, -0.2) is 24.5 Å². The summed E-state index contributed by atoms with van der Waals surface area (Å²) in [7, 11) is 0. The molecule has 29 heavy (non-hydrogen) atoms. The number of nitrogens with one attached hydrogen (secondary N) is 2. The van der Waals surface area contributed by atoms with Crippen molar-refractivity contribution >= 4 is 28.3 Å². The molecule has 3 aromatic carbocycles. The largest absolute Gasteiger partial charge is 0.481 e. The first kappa shape index (κ1) is 20.4. The van der Waals surface area contributed by atoms with Crippen molar-refractivity contribution in [3.8, 4) is 5.75 Å². The second kappa shape index (κ2) is 9.73. The molecule has 3 aromatic rings. The Hall–Kier alpha value is -3.34. The van der Waals surface area contributed by atoms with Crippen LogP contribution in [0.4, 0.5) is 5.69 Å². The van der Waals surface area contributed by atoms with Crippen LogP contribution in [-0.2, 0) is 4.79 Å². The Balaban J connectivity index is 1.66. The van der Waals surface area contributed by atoms with E-state index in [9.17, 15) is 9.59 Å². The van der Waals surface area contributed by atoms with Crippen LogP contribution in [0.3, 0.4) is 0 Å². The molecular weight excluding hydrogens is 364 g/mol. The van der Waals surface area contributed by atoms with E-state index in [0.717, 1.165) is 23.6 Å². The van der Waals surface area contributed by atoms with Crippen molar-refractivity contribution in [2.45, 2.75) is 32.8 Å². The van der Waals surface area contributed by atoms with E-state index in [2.05, 4.69) is 17.6 Å². The minimum Gasteiger partial charge on any atom is -0.481 e. The van der Waals surface area contributed by atoms with Crippen LogP contribution >= 0.6 is 0 Å². The Bertz CT molecular complexity index is 1000. The number of hydrogen-bond acceptors (Lipinski definition) is 3. The lowest BCUT2D eigenvalue weighted by Crippen LogP contribution is -2.32. The van der Waals surface area contributed by atoms with Crippen molar-refractivity contribution < 1.29 is 14.3 Å². The van der Waals surface area contributed by atoms with Gasteiger partial charge in [-0.2, -0.15) is 0 Å². The fourth-order valence-electron chi connectivity index (χ4n) is 3.00. The van der Waals surface area contributed by atoms with Gasteiger partial charge in [-0.3, -0.25) is 9.59 Å². The second-order valence-electron chi connectivity index (χ2n) is 6.91. The van der Waals surface area contributed by atoms with Gasteiger partial charge in [-0.25, -0.2) is 0 Å². The Labute approximate surface area is 171 Å². The highest BCUT2D eigenvalue weighted by Gasteiger charge is 2.18. The molecule has 0 saturated heterocycles. The summed E-state index contributed by atoms with van der Waals surface area (Å²) in [6.45, 7) is 4.37. The van der Waals surface area contributed by atoms with Gasteiger partial charge < -0.3 is 15.4 Å². The Morgan fingerprint density at radius 2 is 1.69 bits per heavy atom. The second-order valence-corrected chi connectivity index (χ2v) is 6.91. The molecule has 1 atom stereocenters. The maximum absolute atomic E-state index is 12.6. The van der Waals surface area contributed by atoms with E-state index in [4.69, 9.17) is 4.74 Å². The predicted molar refractivity (Wildman–Crippen MR) is 116 cm³/mol. The molecule has 0 fully saturated rings. The summed E-state index contributed by atoms with van der Waals surface area (Å²) in [5, 5.41) is 7.85. The molecule has 0 heterocycles. The molecule has 2 N–H and O–H groups in total. The third kappa shape index (κ3) is 5.35. The number of anilines is 1. The van der Waals surface area contributed by atoms with E-state index >= 15 is 0 Å². The standard InChI is InChI=1S/C24H26N2O3/c1-3-4-15-25-24(28)21-11-7-8-12-22(21)26-23(27)17(2)29-20-14-13-18-9-5-6-10-19(18)16-20/h5-14,16-17H,3-4,15H2,1-2H3,(H,25,28)(H,26,27)/t17-/m0/s1. The third-order valence-corrected chi connectivity index (χ3v) is 4.65. The summed E-state index contributed by atoms with van der Waals surface area (Å²) in [5.41, 5.74) is 0.912. The molecule has 0 aliphatic heterocycles. The Morgan fingerprint density at radius 3 is 2.48 bits per heavy atom. The van der Waals surface area contributed by atoms with E-state index in [-0.39, 0.29) is 11.8 Å². The van der Waals surface area contributed by atoms with Crippen molar-refractivity contribution in [3.63, 3.8) is 0 Å². The first-order valence-corrected chi connectivity index (χ1v) is 9.92. The summed E-state index contributed by atoms with van der Waals surface area (Å²) in [4.78, 5) is 25.1. The minimum absolute atomic E-state index is 0.197. The van der Waals surface area contributed by atoms with Crippen LogP contribution in [0.1, 0.15) is 37.0 Å². The van der Waals surface area contributed by atoms with Gasteiger partial charge >= 0.3 is 0 Å². The monoisotopic (exact) mass is 390 g/mol. The van der Waals surface area contributed by atoms with Crippen molar-refractivity contribution in [3.05, 3.63) is 72.3 Å². The summed E-state index contributed by atoms with van der Waals surface area (Å²) < 4.78 is 5.82. The summed E-state index contributed by atoms with van der Waals surface area (Å²) in [6.07, 6.45) is 1.20. The molecule has 0 unspecified atom stereocenters. The number of carbonyl (C=O) groups is 2. The fourth-order valence-corrected chi connectivity index (χ4v) is 3.00. The van der Waals surface area contributed by atoms with Crippen molar-refractivity contribution in [1.82, 2.24) is 5.32 Å². The quantitative estimate of drug-likeness (QED) is 0.544. The molecule has 5 heteroatoms. The highest BCUT2D eigenvalue weighted by molar-refractivity contribution is 6.04. The van der Waals surface area contributed by atoms with Gasteiger partial charge in [0.2, 0.25) is 0 Å². The number of para-hydroxylation sites is 1. The third-order valence-electron chi connectivity index (χ3n) is 4.65. The Morgan fingerprint density at radius 1 is 0.966 bits per heavy atom. The van der Waals surface area contributed by atoms with Crippen molar-refractivity contribution in [2.75, 3.05) is 11.9 Å². The average Bonchev–Trinajstić information content (AvgIpc) is 2.74. The lowest BCUT2D eigenvalue weighted by Gasteiger charge is -2.17. The zero-order valence-electron chi connectivity index (χ0n) is 16.8. The molecular formula is C24H26N2O3. The fraction of sp³-hybridized carbons (Fsp3) is 0.250. The minimum atomic E-state index is -0.715. The van der Waals surface area contributed by atoms with Crippen LogP contribution in [0, 0.1) is 0 Å². The van der Waals surface area contributed by atoms with Crippen LogP contribution in [0.15, 0.2) is 66.7 Å². The number of fused-ring (bicyclic) bond motifs is 1. The van der Waals surface area contributed by atoms with Crippen LogP contribution in [0.2, 0.25) is 0 Å². The maximum atomic E-state index is 12.6. The number of amides is 2. The number of ether oxygens (including phenoxy) is 1. The van der Waals surface area contributed by atoms with E-state index in [0.29, 0.717) is 23.5 Å². The van der Waals surface area contributed by atoms with Gasteiger partial charge in [0.15, 0.2) is 6.10 Å². The first-order chi connectivity index (χ1) is 14.1. The molecule has 0 spiro atoms. The molecule has 150 valence electrons. The van der Waals surface area contributed by atoms with Gasteiger partial charge in [-0.05, 0) is 48.4 Å². The van der Waals surface area contributed by atoms with Crippen LogP contribution in [0.25, 0.3) is 10.8 Å². The zero-order chi connectivity index (χ0) is 20.6. The molecule has 0 saturated carbocycles. The highest BCUT2D eigenvalue weighted by atomic mass is 16.5. The average molecular weight is 390 g/mol. The molecule has 5 nitrogen and oxygen atoms in total. The number of benzene rings is 3. The van der Waals surface area contributed by atoms with E-state index in [1.807, 2.05) is 42.5 Å². The Kier molecular flexibility index (Phi) is 6.85. The normalized spacial score (nSPS) is 11.7. The number of rotatable bonds is 8. The lowest BCUT2D eigenvalue weighted by molar-refractivity contribution is -0.122. The number of hydrogen-bond donors (Lipinski definition) is 2. The van der Waals surface area contributed by atoms with Gasteiger partial charge in [0.05, 0.1) is 11.3 Å². The van der Waals surface area contributed by atoms with E-state index in [1.54, 1.807) is 31.2 Å². The van der Waals surface area contributed by atoms with Crippen LogP contribution in [0.5, 0.6) is 5.75 Å². The molecule has 0 radical (unpaired) electrons. The molecule has 0 aliphatic rings. The van der Waals surface area contributed by atoms with E-state index in [1.165, 1.54) is 0 Å². The molecule has 0 aliphatic carbocycles. The zero-order valence-corrected chi connectivity index (χ0v) is 16.8. The van der Waals surface area contributed by atoms with E-state index < -0.39 is 6.10 Å². The topological polar surface area (TPSA) is 67.4 Å². The van der Waals surface area contributed by atoms with Crippen LogP contribution < -0.4 is 15.4 Å². The lowest BCUT2D eigenvalue weighted by atomic mass is 10.1. The number of unbranched alkanes of at least 4 members (excludes halogenated alkanes) is 1. The first-order valence-electron chi connectivity index (χ1n) is 9.92. The summed E-state index contributed by atoms with van der Waals surface area (Å²) >= 11 is 0. The van der Waals surface area contributed by atoms with Gasteiger partial charge in [0.1, 0.15) is 5.75 Å². The summed E-state index contributed by atoms with van der Waals surface area (Å²) in [5.74, 6) is 0.112. The maximum Gasteiger partial charge on any atom is 0.265 e. The molecule has 3 rings (SSSR count). The molecule has 0 bridgehead atoms. The van der Waals surface area contributed by atoms with Crippen molar-refractivity contribution in [2.24, 2.45) is 0 Å². The molecule has 2 amide bonds. The van der Waals surface area contributed by atoms with Gasteiger partial charge in [0.25, 0.3) is 11.8 Å². The highest BCUT2D eigenvalue weighted by Crippen LogP contribution is 2.22. The predicted octanol–water partition coefficient (Wildman–Crippen LogP) is 4.78. The SMILES string of the molecule is CCCCNC(=O)c1ccccc1NC(=O)[C@H](C)Oc1ccc2ccccc2c1. The van der Waals surface area contributed by atoms with Gasteiger partial charge in [-0.15, -0.1) is 0 Å². The van der Waals surface area contributed by atoms with Crippen molar-refractivity contribution in [1.29, 1.82) is 0 Å². The number of carbonyl (C=O) groups excluding carboxylic acids is 2. The summed E-state index contributed by atoms with van der Waals surface area (Å²) in [6, 6.07) is 20.7. The van der Waals surface area contributed by atoms with Gasteiger partial charge in [0, 0.05) is 6.54 Å².